The van der Waals surface area contributed by atoms with E-state index in [-0.39, 0.29) is 177 Å². The normalized spacial score (nSPS) is 8.67. The van der Waals surface area contributed by atoms with Gasteiger partial charge in [-0.15, -0.1) is 0 Å². The molecule has 0 rings (SSSR count). The molecule has 0 atom stereocenters. The summed E-state index contributed by atoms with van der Waals surface area (Å²) in [6, 6.07) is 0. The first-order valence-corrected chi connectivity index (χ1v) is 8.54. The van der Waals surface area contributed by atoms with E-state index in [0.717, 1.165) is 0 Å². The molecule has 0 aromatic rings. The fraction of sp³-hybridized carbons (Fsp3) is 0. The Kier molecular flexibility index (Phi) is 58.3. The average Bonchev–Trinajstić information content (AvgIpc) is 2.14. The summed E-state index contributed by atoms with van der Waals surface area (Å²) in [5.41, 5.74) is -6.27. The predicted molar refractivity (Wildman–Crippen MR) is 103 cm³/mol. The topological polar surface area (TPSA) is 284 Å². The molecule has 27 heavy (non-hydrogen) atoms. The Morgan fingerprint density at radius 3 is 0.444 bits per heavy atom. The first-order valence-electron chi connectivity index (χ1n) is 3.70. The Bertz CT molecular complexity index is 457. The molecule has 24 heteroatoms. The van der Waals surface area contributed by atoms with Crippen LogP contribution in [0.15, 0.2) is 0 Å². The number of carboxylic acid groups (broad SMARTS) is 3. The summed E-state index contributed by atoms with van der Waals surface area (Å²) in [6.07, 6.45) is 0. The van der Waals surface area contributed by atoms with Gasteiger partial charge in [0, 0.05) is 0 Å². The Balaban J connectivity index is -0.0000000231. The van der Waals surface area contributed by atoms with Gasteiger partial charge in [0.2, 0.25) is 0 Å². The van der Waals surface area contributed by atoms with Crippen molar-refractivity contribution in [2.45, 2.75) is 0 Å². The van der Waals surface area contributed by atoms with Crippen LogP contribution in [0.1, 0.15) is 0 Å². The summed E-state index contributed by atoms with van der Waals surface area (Å²) in [5.74, 6) is 0. The third-order valence-electron chi connectivity index (χ3n) is 0.748. The maximum absolute atomic E-state index is 9.43. The number of hydrogen-bond donors (Lipinski definition) is 9. The van der Waals surface area contributed by atoms with Crippen molar-refractivity contribution in [1.82, 2.24) is 0 Å². The molecule has 0 saturated carbocycles. The Morgan fingerprint density at radius 2 is 0.444 bits per heavy atom. The van der Waals surface area contributed by atoms with Crippen molar-refractivity contribution in [3.8, 4) is 0 Å². The fourth-order valence-electron chi connectivity index (χ4n) is 0. The molecule has 0 aliphatic heterocycles. The van der Waals surface area contributed by atoms with Gasteiger partial charge in [0.05, 0.1) is 0 Å². The van der Waals surface area contributed by atoms with Crippen LogP contribution in [-0.2, 0) is 13.7 Å². The average molecular weight is 522 g/mol. The van der Waals surface area contributed by atoms with Gasteiger partial charge in [-0.2, -0.15) is 0 Å². The molecule has 138 valence electrons. The molecule has 0 spiro atoms. The fourth-order valence-corrected chi connectivity index (χ4v) is 0. The van der Waals surface area contributed by atoms with Crippen molar-refractivity contribution in [2.24, 2.45) is 0 Å². The molecule has 0 fully saturated rings. The zero-order chi connectivity index (χ0) is 18.2. The summed E-state index contributed by atoms with van der Waals surface area (Å²) in [4.78, 5) is 73.4. The molecular formula is C3H15Na6O15P3. The molecular weight excluding hydrogens is 507 g/mol. The van der Waals surface area contributed by atoms with Gasteiger partial charge >= 0.3 is 217 Å². The van der Waals surface area contributed by atoms with Crippen molar-refractivity contribution in [3.63, 3.8) is 0 Å². The van der Waals surface area contributed by atoms with E-state index in [1.54, 1.807) is 0 Å². The SMILES string of the molecule is O=C(O)P(=O)(O)O.O=C(O)P(=O)(O)O.O=C(O)P(=O)(O)O.[NaH].[NaH].[NaH].[NaH].[NaH].[NaH]. The molecule has 0 heterocycles. The van der Waals surface area contributed by atoms with Gasteiger partial charge in [-0.3, -0.25) is 0 Å². The molecule has 0 aromatic carbocycles. The van der Waals surface area contributed by atoms with E-state index in [1.807, 2.05) is 0 Å². The van der Waals surface area contributed by atoms with Gasteiger partial charge in [-0.1, -0.05) is 0 Å². The van der Waals surface area contributed by atoms with Gasteiger partial charge in [0.1, 0.15) is 0 Å². The molecule has 0 bridgehead atoms. The monoisotopic (exact) mass is 522 g/mol. The van der Waals surface area contributed by atoms with E-state index < -0.39 is 39.9 Å². The molecule has 0 aliphatic carbocycles. The van der Waals surface area contributed by atoms with E-state index in [4.69, 9.17) is 44.7 Å². The minimum absolute atomic E-state index is 0. The Morgan fingerprint density at radius 1 is 0.407 bits per heavy atom. The van der Waals surface area contributed by atoms with Crippen molar-refractivity contribution >= 4 is 217 Å². The molecule has 0 amide bonds. The van der Waals surface area contributed by atoms with Crippen LogP contribution in [0.3, 0.4) is 0 Å². The minimum atomic E-state index is -4.82. The van der Waals surface area contributed by atoms with E-state index in [9.17, 15) is 28.1 Å². The second-order valence-corrected chi connectivity index (χ2v) is 6.89. The van der Waals surface area contributed by atoms with Gasteiger partial charge in [-0.05, 0) is 0 Å². The molecule has 0 radical (unpaired) electrons. The van der Waals surface area contributed by atoms with Crippen LogP contribution in [0, 0.1) is 0 Å². The second-order valence-electron chi connectivity index (χ2n) is 2.48. The first kappa shape index (κ1) is 58.1. The molecule has 0 aliphatic rings. The number of hydrogen-bond acceptors (Lipinski definition) is 6. The van der Waals surface area contributed by atoms with Crippen molar-refractivity contribution in [2.75, 3.05) is 0 Å². The van der Waals surface area contributed by atoms with E-state index in [1.165, 1.54) is 0 Å². The van der Waals surface area contributed by atoms with E-state index in [0.29, 0.717) is 0 Å². The predicted octanol–water partition coefficient (Wildman–Crippen LogP) is -4.36. The van der Waals surface area contributed by atoms with Crippen LogP contribution in [0.25, 0.3) is 0 Å². The van der Waals surface area contributed by atoms with Gasteiger partial charge in [-0.25, -0.2) is 28.1 Å². The Labute approximate surface area is 284 Å². The van der Waals surface area contributed by atoms with Crippen molar-refractivity contribution < 1.29 is 72.8 Å². The Hall–Kier alpha value is 4.86. The van der Waals surface area contributed by atoms with Crippen LogP contribution in [0.4, 0.5) is 14.4 Å². The van der Waals surface area contributed by atoms with Crippen molar-refractivity contribution in [1.29, 1.82) is 0 Å². The summed E-state index contributed by atoms with van der Waals surface area (Å²) in [5, 5.41) is 22.5. The van der Waals surface area contributed by atoms with Crippen LogP contribution in [0.5, 0.6) is 0 Å². The maximum atomic E-state index is 9.43. The molecule has 0 unspecified atom stereocenters. The molecule has 9 N–H and O–H groups in total. The number of carbonyl (C=O) groups is 3. The van der Waals surface area contributed by atoms with Crippen LogP contribution in [0.2, 0.25) is 0 Å². The summed E-state index contributed by atoms with van der Waals surface area (Å²) in [6.45, 7) is 0. The first-order chi connectivity index (χ1) is 8.83. The third kappa shape index (κ3) is 49.2. The molecule has 0 saturated heterocycles. The summed E-state index contributed by atoms with van der Waals surface area (Å²) < 4.78 is 28.3. The van der Waals surface area contributed by atoms with E-state index in [2.05, 4.69) is 0 Å². The van der Waals surface area contributed by atoms with Crippen molar-refractivity contribution in [3.05, 3.63) is 0 Å². The zero-order valence-corrected chi connectivity index (χ0v) is 12.0. The zero-order valence-electron chi connectivity index (χ0n) is 9.32. The summed E-state index contributed by atoms with van der Waals surface area (Å²) >= 11 is 0. The van der Waals surface area contributed by atoms with E-state index >= 15 is 0 Å². The van der Waals surface area contributed by atoms with Crippen LogP contribution >= 0.6 is 22.8 Å². The summed E-state index contributed by atoms with van der Waals surface area (Å²) in [7, 11) is -14.5. The molecule has 0 aromatic heterocycles. The van der Waals surface area contributed by atoms with Crippen LogP contribution < -0.4 is 0 Å². The third-order valence-corrected chi connectivity index (χ3v) is 2.24. The van der Waals surface area contributed by atoms with Crippen LogP contribution in [-0.4, -0.2) is 239 Å². The van der Waals surface area contributed by atoms with Gasteiger partial charge < -0.3 is 44.7 Å². The van der Waals surface area contributed by atoms with Gasteiger partial charge in [0.15, 0.2) is 0 Å². The van der Waals surface area contributed by atoms with Gasteiger partial charge in [0.25, 0.3) is 0 Å². The standard InChI is InChI=1S/3CH3O5P.6Na.6H/c3*2-1(3)7(4,5)6;;;;;;;;;;;;/h3*(H,2,3)(H2,4,5,6);;;;;;;;;;;;. The quantitative estimate of drug-likeness (QED) is 0.125. The second kappa shape index (κ2) is 27.1. The molecule has 15 nitrogen and oxygen atoms in total. The number of rotatable bonds is 3.